The number of aliphatic imine (C=N–C) groups is 1. The maximum absolute atomic E-state index is 9.58. The molecule has 1 fully saturated rings. The van der Waals surface area contributed by atoms with Gasteiger partial charge in [0.05, 0.1) is 6.54 Å². The van der Waals surface area contributed by atoms with Crippen molar-refractivity contribution in [3.63, 3.8) is 0 Å². The number of rotatable bonds is 3. The second-order valence-electron chi connectivity index (χ2n) is 4.75. The molecule has 1 heterocycles. The molecule has 1 aliphatic rings. The molecule has 1 aromatic rings. The quantitative estimate of drug-likeness (QED) is 0.786. The summed E-state index contributed by atoms with van der Waals surface area (Å²) in [6, 6.07) is 8.37. The zero-order chi connectivity index (χ0) is 12.1. The molecule has 0 aromatic heterocycles. The van der Waals surface area contributed by atoms with E-state index >= 15 is 0 Å². The van der Waals surface area contributed by atoms with E-state index < -0.39 is 0 Å². The van der Waals surface area contributed by atoms with Gasteiger partial charge in [-0.05, 0) is 31.9 Å². The zero-order valence-electron chi connectivity index (χ0n) is 10.3. The standard InChI is InChI=1S/C14H20N2O/c1-11-5-4-7-13(16-11)10-15-9-12-6-2-3-8-14(12)17/h2-3,6,8-9,11,13,16-17H,4-5,7,10H2,1H3. The average molecular weight is 232 g/mol. The smallest absolute Gasteiger partial charge is 0.124 e. The van der Waals surface area contributed by atoms with Gasteiger partial charge in [-0.2, -0.15) is 0 Å². The molecule has 0 aliphatic carbocycles. The van der Waals surface area contributed by atoms with E-state index in [1.165, 1.54) is 19.3 Å². The molecule has 2 unspecified atom stereocenters. The van der Waals surface area contributed by atoms with Crippen LogP contribution in [0.15, 0.2) is 29.3 Å². The Morgan fingerprint density at radius 2 is 2.24 bits per heavy atom. The van der Waals surface area contributed by atoms with Gasteiger partial charge < -0.3 is 10.4 Å². The van der Waals surface area contributed by atoms with Crippen LogP contribution in [0.1, 0.15) is 31.7 Å². The first-order valence-electron chi connectivity index (χ1n) is 6.29. The number of nitrogens with one attached hydrogen (secondary N) is 1. The van der Waals surface area contributed by atoms with Gasteiger partial charge in [0.15, 0.2) is 0 Å². The van der Waals surface area contributed by atoms with E-state index in [0.29, 0.717) is 17.8 Å². The fourth-order valence-electron chi connectivity index (χ4n) is 2.26. The molecule has 17 heavy (non-hydrogen) atoms. The van der Waals surface area contributed by atoms with Gasteiger partial charge in [-0.1, -0.05) is 18.6 Å². The molecule has 1 aromatic carbocycles. The Labute approximate surface area is 103 Å². The lowest BCUT2D eigenvalue weighted by Gasteiger charge is -2.27. The topological polar surface area (TPSA) is 44.6 Å². The lowest BCUT2D eigenvalue weighted by Crippen LogP contribution is -2.42. The second kappa shape index (κ2) is 5.82. The van der Waals surface area contributed by atoms with Gasteiger partial charge in [0.2, 0.25) is 0 Å². The van der Waals surface area contributed by atoms with E-state index in [1.54, 1.807) is 12.3 Å². The Balaban J connectivity index is 1.87. The normalized spacial score (nSPS) is 25.2. The number of hydrogen-bond donors (Lipinski definition) is 2. The Morgan fingerprint density at radius 3 is 3.00 bits per heavy atom. The highest BCUT2D eigenvalue weighted by Gasteiger charge is 2.16. The summed E-state index contributed by atoms with van der Waals surface area (Å²) in [5.74, 6) is 0.293. The molecular weight excluding hydrogens is 212 g/mol. The molecule has 2 rings (SSSR count). The summed E-state index contributed by atoms with van der Waals surface area (Å²) in [5, 5.41) is 13.1. The van der Waals surface area contributed by atoms with E-state index in [0.717, 1.165) is 12.1 Å². The highest BCUT2D eigenvalue weighted by molar-refractivity contribution is 5.83. The summed E-state index contributed by atoms with van der Waals surface area (Å²) < 4.78 is 0. The Bertz CT molecular complexity index is 390. The zero-order valence-corrected chi connectivity index (χ0v) is 10.3. The minimum absolute atomic E-state index is 0.293. The lowest BCUT2D eigenvalue weighted by molar-refractivity contribution is 0.341. The fourth-order valence-corrected chi connectivity index (χ4v) is 2.26. The Hall–Kier alpha value is -1.35. The van der Waals surface area contributed by atoms with Crippen LogP contribution in [0, 0.1) is 0 Å². The predicted octanol–water partition coefficient (Wildman–Crippen LogP) is 2.34. The first-order valence-corrected chi connectivity index (χ1v) is 6.29. The van der Waals surface area contributed by atoms with Crippen molar-refractivity contribution in [3.05, 3.63) is 29.8 Å². The molecule has 2 N–H and O–H groups in total. The monoisotopic (exact) mass is 232 g/mol. The van der Waals surface area contributed by atoms with Crippen LogP contribution >= 0.6 is 0 Å². The van der Waals surface area contributed by atoms with Crippen molar-refractivity contribution in [1.82, 2.24) is 5.32 Å². The van der Waals surface area contributed by atoms with Crippen LogP contribution in [0.2, 0.25) is 0 Å². The number of para-hydroxylation sites is 1. The maximum atomic E-state index is 9.58. The average Bonchev–Trinajstić information content (AvgIpc) is 2.32. The van der Waals surface area contributed by atoms with Crippen molar-refractivity contribution in [2.75, 3.05) is 6.54 Å². The van der Waals surface area contributed by atoms with Crippen LogP contribution < -0.4 is 5.32 Å². The molecule has 0 bridgehead atoms. The third kappa shape index (κ3) is 3.56. The second-order valence-corrected chi connectivity index (χ2v) is 4.75. The summed E-state index contributed by atoms with van der Waals surface area (Å²) in [6.07, 6.45) is 5.50. The van der Waals surface area contributed by atoms with Gasteiger partial charge in [0.25, 0.3) is 0 Å². The van der Waals surface area contributed by atoms with Crippen molar-refractivity contribution in [2.24, 2.45) is 4.99 Å². The third-order valence-corrected chi connectivity index (χ3v) is 3.20. The van der Waals surface area contributed by atoms with E-state index in [-0.39, 0.29) is 0 Å². The molecule has 0 saturated carbocycles. The van der Waals surface area contributed by atoms with Gasteiger partial charge >= 0.3 is 0 Å². The van der Waals surface area contributed by atoms with E-state index in [2.05, 4.69) is 17.2 Å². The number of phenols is 1. The lowest BCUT2D eigenvalue weighted by atomic mass is 10.00. The SMILES string of the molecule is CC1CCCC(CN=Cc2ccccc2O)N1. The van der Waals surface area contributed by atoms with Crippen LogP contribution in [0.3, 0.4) is 0 Å². The fraction of sp³-hybridized carbons (Fsp3) is 0.500. The summed E-state index contributed by atoms with van der Waals surface area (Å²) in [7, 11) is 0. The summed E-state index contributed by atoms with van der Waals surface area (Å²) in [6.45, 7) is 3.01. The number of piperidine rings is 1. The van der Waals surface area contributed by atoms with Gasteiger partial charge in [-0.15, -0.1) is 0 Å². The largest absolute Gasteiger partial charge is 0.507 e. The number of phenolic OH excluding ortho intramolecular Hbond substituents is 1. The van der Waals surface area contributed by atoms with Crippen molar-refractivity contribution < 1.29 is 5.11 Å². The summed E-state index contributed by atoms with van der Waals surface area (Å²) in [5.41, 5.74) is 0.788. The first kappa shape index (κ1) is 12.1. The summed E-state index contributed by atoms with van der Waals surface area (Å²) >= 11 is 0. The Kier molecular flexibility index (Phi) is 4.15. The number of nitrogens with zero attached hydrogens (tertiary/aromatic N) is 1. The Morgan fingerprint density at radius 1 is 1.41 bits per heavy atom. The van der Waals surface area contributed by atoms with Gasteiger partial charge in [-0.3, -0.25) is 4.99 Å². The molecule has 0 spiro atoms. The van der Waals surface area contributed by atoms with E-state index in [1.807, 2.05) is 18.2 Å². The molecule has 3 nitrogen and oxygen atoms in total. The van der Waals surface area contributed by atoms with Crippen molar-refractivity contribution in [2.45, 2.75) is 38.3 Å². The first-order chi connectivity index (χ1) is 8.25. The minimum Gasteiger partial charge on any atom is -0.507 e. The third-order valence-electron chi connectivity index (χ3n) is 3.20. The van der Waals surface area contributed by atoms with Crippen LogP contribution in [0.4, 0.5) is 0 Å². The number of benzene rings is 1. The number of hydrogen-bond acceptors (Lipinski definition) is 3. The van der Waals surface area contributed by atoms with Crippen LogP contribution in [-0.2, 0) is 0 Å². The molecule has 1 aliphatic heterocycles. The highest BCUT2D eigenvalue weighted by atomic mass is 16.3. The van der Waals surface area contributed by atoms with Crippen LogP contribution in [0.5, 0.6) is 5.75 Å². The van der Waals surface area contributed by atoms with Crippen molar-refractivity contribution in [1.29, 1.82) is 0 Å². The minimum atomic E-state index is 0.293. The molecule has 92 valence electrons. The molecule has 0 amide bonds. The van der Waals surface area contributed by atoms with Gasteiger partial charge in [0.1, 0.15) is 5.75 Å². The summed E-state index contributed by atoms with van der Waals surface area (Å²) in [4.78, 5) is 4.41. The number of aromatic hydroxyl groups is 1. The molecule has 0 radical (unpaired) electrons. The van der Waals surface area contributed by atoms with Gasteiger partial charge in [-0.25, -0.2) is 0 Å². The van der Waals surface area contributed by atoms with Crippen molar-refractivity contribution >= 4 is 6.21 Å². The maximum Gasteiger partial charge on any atom is 0.124 e. The van der Waals surface area contributed by atoms with Crippen LogP contribution in [-0.4, -0.2) is 29.9 Å². The van der Waals surface area contributed by atoms with Crippen LogP contribution in [0.25, 0.3) is 0 Å². The predicted molar refractivity (Wildman–Crippen MR) is 70.8 cm³/mol. The van der Waals surface area contributed by atoms with Gasteiger partial charge in [0, 0.05) is 23.9 Å². The van der Waals surface area contributed by atoms with E-state index in [4.69, 9.17) is 0 Å². The molecule has 2 atom stereocenters. The van der Waals surface area contributed by atoms with Crippen molar-refractivity contribution in [3.8, 4) is 5.75 Å². The van der Waals surface area contributed by atoms with E-state index in [9.17, 15) is 5.11 Å². The molecule has 1 saturated heterocycles. The highest BCUT2D eigenvalue weighted by Crippen LogP contribution is 2.14. The molecular formula is C14H20N2O. The molecule has 3 heteroatoms.